The molecule has 8 nitrogen and oxygen atoms in total. The average molecular weight is 674 g/mol. The first-order valence-electron chi connectivity index (χ1n) is 18.7. The molecule has 0 heterocycles. The summed E-state index contributed by atoms with van der Waals surface area (Å²) >= 11 is 0. The Morgan fingerprint density at radius 2 is 1.75 bits per heavy atom. The van der Waals surface area contributed by atoms with E-state index in [0.717, 1.165) is 36.0 Å². The highest BCUT2D eigenvalue weighted by atomic mass is 16.7. The van der Waals surface area contributed by atoms with Crippen LogP contribution in [0.3, 0.4) is 0 Å². The van der Waals surface area contributed by atoms with Crippen LogP contribution in [0.1, 0.15) is 133 Å². The van der Waals surface area contributed by atoms with E-state index in [9.17, 15) is 19.5 Å². The van der Waals surface area contributed by atoms with Crippen molar-refractivity contribution in [3.05, 3.63) is 23.9 Å². The van der Waals surface area contributed by atoms with Gasteiger partial charge in [0, 0.05) is 13.5 Å². The van der Waals surface area contributed by atoms with Crippen molar-refractivity contribution in [1.29, 1.82) is 0 Å². The highest BCUT2D eigenvalue weighted by molar-refractivity contribution is 5.88. The molecular weight excluding hydrogens is 606 g/mol. The van der Waals surface area contributed by atoms with E-state index in [1.165, 1.54) is 51.1 Å². The normalized spacial score (nSPS) is 30.5. The smallest absolute Gasteiger partial charge is 0.480 e. The van der Waals surface area contributed by atoms with Crippen molar-refractivity contribution in [2.75, 3.05) is 13.7 Å². The van der Waals surface area contributed by atoms with E-state index in [1.54, 1.807) is 20.8 Å². The molecule has 9 atom stereocenters. The summed E-state index contributed by atoms with van der Waals surface area (Å²) in [5, 5.41) is 9.80. The van der Waals surface area contributed by atoms with Crippen molar-refractivity contribution < 1.29 is 33.7 Å². The topological polar surface area (TPSA) is 102 Å². The Balaban J connectivity index is 1.62. The second kappa shape index (κ2) is 16.0. The summed E-state index contributed by atoms with van der Waals surface area (Å²) in [4.78, 5) is 38.4. The molecule has 2 fully saturated rings. The minimum Gasteiger partial charge on any atom is -0.480 e. The van der Waals surface area contributed by atoms with Crippen molar-refractivity contribution in [3.8, 4) is 0 Å². The molecule has 3 rings (SSSR count). The molecule has 8 heteroatoms. The summed E-state index contributed by atoms with van der Waals surface area (Å²) in [6.07, 6.45) is 12.4. The molecule has 0 amide bonds. The molecule has 3 aliphatic rings. The number of carbonyl (C=O) groups is 3. The number of aliphatic carboxylic acids is 1. The van der Waals surface area contributed by atoms with Gasteiger partial charge in [0.25, 0.3) is 0 Å². The average Bonchev–Trinajstić information content (AvgIpc) is 2.98. The van der Waals surface area contributed by atoms with Gasteiger partial charge in [0.05, 0.1) is 0 Å². The third kappa shape index (κ3) is 9.18. The van der Waals surface area contributed by atoms with Crippen molar-refractivity contribution >= 4 is 18.1 Å². The molecule has 1 unspecified atom stereocenters. The summed E-state index contributed by atoms with van der Waals surface area (Å²) < 4.78 is 16.4. The SMILES string of the molecule is C=C(C(=O)OC(C)(C)C)N(C)[C@@H](COC(=O)OC1CC[C@]2(C)C(=CC[C@@H]3[C@@H](CC)[C@](C)([C@@H](C)[C@@H](C)CCCC(C)C)CC[C@H]32)C1)C(=O)O. The van der Waals surface area contributed by atoms with E-state index in [4.69, 9.17) is 14.2 Å². The van der Waals surface area contributed by atoms with E-state index in [1.807, 2.05) is 0 Å². The van der Waals surface area contributed by atoms with Crippen LogP contribution >= 0.6 is 0 Å². The van der Waals surface area contributed by atoms with E-state index >= 15 is 0 Å². The standard InChI is InChI=1S/C40H67NO7/c1-13-32-31-18-17-29-23-30(47-37(45)46-24-34(35(42)43)41(12)28(6)36(44)48-38(7,8)9)19-21-40(29,11)33(31)20-22-39(32,10)27(5)26(4)16-14-15-25(2)3/h17,25-27,30-34H,6,13-16,18-24H2,1-5,7-12H3,(H,42,43)/t26-,27-,30?,31+,32+,33+,34-,39-,40+/m0/s1. The number of carboxylic acid groups (broad SMARTS) is 1. The number of hydrogen-bond acceptors (Lipinski definition) is 7. The van der Waals surface area contributed by atoms with E-state index in [-0.39, 0.29) is 17.2 Å². The third-order valence-electron chi connectivity index (χ3n) is 12.7. The number of carbonyl (C=O) groups excluding carboxylic acids is 2. The fourth-order valence-electron chi connectivity index (χ4n) is 9.49. The molecular formula is C40H67NO7. The van der Waals surface area contributed by atoms with Gasteiger partial charge in [0.15, 0.2) is 6.04 Å². The van der Waals surface area contributed by atoms with Crippen LogP contribution in [0.4, 0.5) is 4.79 Å². The molecule has 3 aliphatic carbocycles. The summed E-state index contributed by atoms with van der Waals surface area (Å²) in [6, 6.07) is -1.32. The molecule has 48 heavy (non-hydrogen) atoms. The van der Waals surface area contributed by atoms with Crippen LogP contribution < -0.4 is 0 Å². The van der Waals surface area contributed by atoms with Crippen molar-refractivity contribution in [2.24, 2.45) is 46.3 Å². The lowest BCUT2D eigenvalue weighted by atomic mass is 9.45. The number of fused-ring (bicyclic) bond motifs is 3. The zero-order chi connectivity index (χ0) is 36.2. The number of nitrogens with zero attached hydrogens (tertiary/aromatic N) is 1. The van der Waals surface area contributed by atoms with Gasteiger partial charge in [-0.1, -0.05) is 92.4 Å². The Morgan fingerprint density at radius 3 is 2.33 bits per heavy atom. The Hall–Kier alpha value is -2.51. The first kappa shape index (κ1) is 39.9. The Bertz CT molecular complexity index is 1190. The van der Waals surface area contributed by atoms with Gasteiger partial charge >= 0.3 is 18.1 Å². The van der Waals surface area contributed by atoms with Crippen molar-refractivity contribution in [1.82, 2.24) is 4.90 Å². The Labute approximate surface area is 291 Å². The number of rotatable bonds is 14. The van der Waals surface area contributed by atoms with E-state index < -0.39 is 36.3 Å². The predicted octanol–water partition coefficient (Wildman–Crippen LogP) is 9.43. The Morgan fingerprint density at radius 1 is 1.08 bits per heavy atom. The summed E-state index contributed by atoms with van der Waals surface area (Å²) in [5.74, 6) is 2.21. The minimum absolute atomic E-state index is 0.104. The van der Waals surface area contributed by atoms with Gasteiger partial charge in [0.2, 0.25) is 0 Å². The van der Waals surface area contributed by atoms with Crippen LogP contribution in [-0.2, 0) is 23.8 Å². The quantitative estimate of drug-likeness (QED) is 0.111. The molecule has 0 spiro atoms. The summed E-state index contributed by atoms with van der Waals surface area (Å²) in [7, 11) is 1.41. The molecule has 0 saturated heterocycles. The molecule has 0 radical (unpaired) electrons. The van der Waals surface area contributed by atoms with Gasteiger partial charge in [-0.2, -0.15) is 0 Å². The summed E-state index contributed by atoms with van der Waals surface area (Å²) in [6.45, 7) is 25.5. The fourth-order valence-corrected chi connectivity index (χ4v) is 9.49. The first-order valence-corrected chi connectivity index (χ1v) is 18.7. The highest BCUT2D eigenvalue weighted by Crippen LogP contribution is 2.64. The van der Waals surface area contributed by atoms with E-state index in [2.05, 4.69) is 61.1 Å². The highest BCUT2D eigenvalue weighted by Gasteiger charge is 2.56. The van der Waals surface area contributed by atoms with Crippen LogP contribution in [0.25, 0.3) is 0 Å². The lowest BCUT2D eigenvalue weighted by molar-refractivity contribution is -0.153. The zero-order valence-electron chi connectivity index (χ0n) is 32.0. The zero-order valence-corrected chi connectivity index (χ0v) is 32.0. The lowest BCUT2D eigenvalue weighted by Gasteiger charge is -2.60. The molecule has 0 aliphatic heterocycles. The minimum atomic E-state index is -1.32. The van der Waals surface area contributed by atoms with Crippen LogP contribution in [0.5, 0.6) is 0 Å². The van der Waals surface area contributed by atoms with Crippen LogP contribution in [0.2, 0.25) is 0 Å². The molecule has 2 saturated carbocycles. The maximum absolute atomic E-state index is 12.8. The third-order valence-corrected chi connectivity index (χ3v) is 12.7. The number of ether oxygens (including phenoxy) is 3. The number of carboxylic acids is 1. The number of likely N-dealkylation sites (N-methyl/N-ethyl adjacent to an activating group) is 1. The fraction of sp³-hybridized carbons (Fsp3) is 0.825. The van der Waals surface area contributed by atoms with E-state index in [0.29, 0.717) is 35.5 Å². The number of esters is 1. The monoisotopic (exact) mass is 673 g/mol. The van der Waals surface area contributed by atoms with Crippen molar-refractivity contribution in [3.63, 3.8) is 0 Å². The molecule has 0 aromatic rings. The molecule has 0 aromatic carbocycles. The maximum atomic E-state index is 12.8. The van der Waals surface area contributed by atoms with Gasteiger partial charge in [-0.25, -0.2) is 14.4 Å². The van der Waals surface area contributed by atoms with Crippen molar-refractivity contribution in [2.45, 2.75) is 151 Å². The molecule has 0 bridgehead atoms. The van der Waals surface area contributed by atoms with Crippen LogP contribution in [0, 0.1) is 46.3 Å². The van der Waals surface area contributed by atoms with Gasteiger partial charge in [-0.15, -0.1) is 0 Å². The van der Waals surface area contributed by atoms with Crippen LogP contribution in [-0.4, -0.2) is 59.5 Å². The van der Waals surface area contributed by atoms with Gasteiger partial charge in [0.1, 0.15) is 24.0 Å². The number of allylic oxidation sites excluding steroid dienone is 1. The first-order chi connectivity index (χ1) is 22.2. The lowest BCUT2D eigenvalue weighted by Crippen LogP contribution is -2.53. The summed E-state index contributed by atoms with van der Waals surface area (Å²) in [5.41, 5.74) is 0.955. The molecule has 0 aromatic heterocycles. The Kier molecular flexibility index (Phi) is 13.3. The largest absolute Gasteiger partial charge is 0.508 e. The number of hydrogen-bond donors (Lipinski definition) is 1. The van der Waals surface area contributed by atoms with Gasteiger partial charge in [-0.05, 0) is 99.2 Å². The maximum Gasteiger partial charge on any atom is 0.508 e. The second-order valence-corrected chi connectivity index (χ2v) is 17.3. The van der Waals surface area contributed by atoms with Gasteiger partial charge < -0.3 is 24.2 Å². The second-order valence-electron chi connectivity index (χ2n) is 17.3. The van der Waals surface area contributed by atoms with Crippen LogP contribution in [0.15, 0.2) is 23.9 Å². The molecule has 274 valence electrons. The van der Waals surface area contributed by atoms with Gasteiger partial charge in [-0.3, -0.25) is 0 Å². The predicted molar refractivity (Wildman–Crippen MR) is 190 cm³/mol. The molecule has 1 N–H and O–H groups in total.